The zero-order chi connectivity index (χ0) is 17.9. The Balaban J connectivity index is 1.70. The van der Waals surface area contributed by atoms with Gasteiger partial charge in [0.15, 0.2) is 0 Å². The second-order valence-electron chi connectivity index (χ2n) is 7.12. The Morgan fingerprint density at radius 1 is 1.12 bits per heavy atom. The molecule has 3 aromatic rings. The Labute approximate surface area is 147 Å². The van der Waals surface area contributed by atoms with Gasteiger partial charge in [0, 0.05) is 36.6 Å². The topological polar surface area (TPSA) is 51.0 Å². The number of nitrogens with zero attached hydrogens (tertiary/aromatic N) is 2. The second-order valence-corrected chi connectivity index (χ2v) is 7.12. The van der Waals surface area contributed by atoms with E-state index < -0.39 is 0 Å². The molecule has 5 heteroatoms. The van der Waals surface area contributed by atoms with E-state index in [4.69, 9.17) is 4.52 Å². The SMILES string of the molecule is CC(C)(C)c1conc1CNCc1cc(F)cc(-c2cccnc2)c1. The van der Waals surface area contributed by atoms with Crippen LogP contribution in [-0.2, 0) is 18.5 Å². The summed E-state index contributed by atoms with van der Waals surface area (Å²) >= 11 is 0. The van der Waals surface area contributed by atoms with Crippen LogP contribution in [0.15, 0.2) is 53.5 Å². The molecule has 0 fully saturated rings. The van der Waals surface area contributed by atoms with Crippen molar-refractivity contribution in [2.45, 2.75) is 39.3 Å². The molecular weight excluding hydrogens is 317 g/mol. The van der Waals surface area contributed by atoms with E-state index in [9.17, 15) is 4.39 Å². The molecular formula is C20H22FN3O. The molecule has 130 valence electrons. The second kappa shape index (κ2) is 7.15. The molecule has 0 saturated carbocycles. The summed E-state index contributed by atoms with van der Waals surface area (Å²) in [6.07, 6.45) is 5.13. The first kappa shape index (κ1) is 17.3. The van der Waals surface area contributed by atoms with Crippen LogP contribution < -0.4 is 5.32 Å². The van der Waals surface area contributed by atoms with Gasteiger partial charge >= 0.3 is 0 Å². The molecule has 0 atom stereocenters. The number of hydrogen-bond donors (Lipinski definition) is 1. The minimum atomic E-state index is -0.255. The van der Waals surface area contributed by atoms with Gasteiger partial charge in [-0.1, -0.05) is 32.0 Å². The van der Waals surface area contributed by atoms with Gasteiger partial charge in [-0.25, -0.2) is 4.39 Å². The summed E-state index contributed by atoms with van der Waals surface area (Å²) < 4.78 is 19.1. The lowest BCUT2D eigenvalue weighted by Crippen LogP contribution is -2.18. The van der Waals surface area contributed by atoms with Crippen molar-refractivity contribution < 1.29 is 8.91 Å². The Morgan fingerprint density at radius 3 is 2.68 bits per heavy atom. The van der Waals surface area contributed by atoms with Gasteiger partial charge < -0.3 is 9.84 Å². The standard InChI is InChI=1S/C20H22FN3O/c1-20(2,3)18-13-25-24-19(18)12-23-10-14-7-16(9-17(21)8-14)15-5-4-6-22-11-15/h4-9,11,13,23H,10,12H2,1-3H3. The lowest BCUT2D eigenvalue weighted by atomic mass is 9.87. The van der Waals surface area contributed by atoms with E-state index in [0.29, 0.717) is 13.1 Å². The largest absolute Gasteiger partial charge is 0.364 e. The molecule has 0 aliphatic rings. The third kappa shape index (κ3) is 4.31. The average molecular weight is 339 g/mol. The first-order valence-corrected chi connectivity index (χ1v) is 8.28. The van der Waals surface area contributed by atoms with Crippen molar-refractivity contribution in [1.82, 2.24) is 15.5 Å². The van der Waals surface area contributed by atoms with Crippen LogP contribution in [0.2, 0.25) is 0 Å². The van der Waals surface area contributed by atoms with E-state index in [2.05, 4.69) is 36.2 Å². The number of hydrogen-bond acceptors (Lipinski definition) is 4. The van der Waals surface area contributed by atoms with E-state index in [0.717, 1.165) is 27.9 Å². The van der Waals surface area contributed by atoms with Gasteiger partial charge in [0.1, 0.15) is 17.8 Å². The number of rotatable bonds is 5. The fourth-order valence-corrected chi connectivity index (χ4v) is 2.77. The van der Waals surface area contributed by atoms with Gasteiger partial charge in [-0.05, 0) is 40.8 Å². The summed E-state index contributed by atoms with van der Waals surface area (Å²) in [4.78, 5) is 4.09. The lowest BCUT2D eigenvalue weighted by molar-refractivity contribution is 0.407. The van der Waals surface area contributed by atoms with Crippen molar-refractivity contribution in [1.29, 1.82) is 0 Å². The van der Waals surface area contributed by atoms with Crippen LogP contribution in [0.25, 0.3) is 11.1 Å². The Hall–Kier alpha value is -2.53. The minimum Gasteiger partial charge on any atom is -0.364 e. The van der Waals surface area contributed by atoms with Crippen molar-refractivity contribution in [2.75, 3.05) is 0 Å². The lowest BCUT2D eigenvalue weighted by Gasteiger charge is -2.17. The van der Waals surface area contributed by atoms with Crippen LogP contribution in [0.1, 0.15) is 37.6 Å². The molecule has 0 saturated heterocycles. The molecule has 0 unspecified atom stereocenters. The third-order valence-corrected chi connectivity index (χ3v) is 4.03. The van der Waals surface area contributed by atoms with Crippen molar-refractivity contribution in [3.63, 3.8) is 0 Å². The Morgan fingerprint density at radius 2 is 1.96 bits per heavy atom. The van der Waals surface area contributed by atoms with Gasteiger partial charge in [0.05, 0.1) is 0 Å². The monoisotopic (exact) mass is 339 g/mol. The van der Waals surface area contributed by atoms with Gasteiger partial charge in [-0.3, -0.25) is 4.98 Å². The molecule has 25 heavy (non-hydrogen) atoms. The summed E-state index contributed by atoms with van der Waals surface area (Å²) in [5, 5.41) is 7.39. The van der Waals surface area contributed by atoms with Crippen LogP contribution in [0.5, 0.6) is 0 Å². The predicted molar refractivity (Wildman–Crippen MR) is 95.4 cm³/mol. The van der Waals surface area contributed by atoms with E-state index in [1.807, 2.05) is 18.2 Å². The molecule has 1 N–H and O–H groups in total. The normalized spacial score (nSPS) is 11.7. The van der Waals surface area contributed by atoms with E-state index in [1.54, 1.807) is 24.7 Å². The first-order chi connectivity index (χ1) is 11.9. The fourth-order valence-electron chi connectivity index (χ4n) is 2.77. The molecule has 1 aromatic carbocycles. The summed E-state index contributed by atoms with van der Waals surface area (Å²) in [6.45, 7) is 7.48. The zero-order valence-electron chi connectivity index (χ0n) is 14.7. The molecule has 2 heterocycles. The van der Waals surface area contributed by atoms with Gasteiger partial charge in [-0.2, -0.15) is 0 Å². The fraction of sp³-hybridized carbons (Fsp3) is 0.300. The highest BCUT2D eigenvalue weighted by Crippen LogP contribution is 2.25. The number of aromatic nitrogens is 2. The number of halogens is 1. The number of nitrogens with one attached hydrogen (secondary N) is 1. The molecule has 2 aromatic heterocycles. The zero-order valence-corrected chi connectivity index (χ0v) is 14.7. The number of pyridine rings is 1. The molecule has 0 spiro atoms. The smallest absolute Gasteiger partial charge is 0.127 e. The summed E-state index contributed by atoms with van der Waals surface area (Å²) in [7, 11) is 0. The highest BCUT2D eigenvalue weighted by Gasteiger charge is 2.21. The van der Waals surface area contributed by atoms with Crippen LogP contribution in [0.3, 0.4) is 0 Å². The molecule has 4 nitrogen and oxygen atoms in total. The summed E-state index contributed by atoms with van der Waals surface area (Å²) in [5.74, 6) is -0.255. The average Bonchev–Trinajstić information content (AvgIpc) is 3.04. The van der Waals surface area contributed by atoms with E-state index in [-0.39, 0.29) is 11.2 Å². The van der Waals surface area contributed by atoms with Gasteiger partial charge in [-0.15, -0.1) is 0 Å². The molecule has 0 bridgehead atoms. The van der Waals surface area contributed by atoms with E-state index >= 15 is 0 Å². The Kier molecular flexibility index (Phi) is 4.95. The van der Waals surface area contributed by atoms with Gasteiger partial charge in [0.2, 0.25) is 0 Å². The molecule has 0 aliphatic heterocycles. The molecule has 0 aliphatic carbocycles. The van der Waals surface area contributed by atoms with Crippen LogP contribution >= 0.6 is 0 Å². The van der Waals surface area contributed by atoms with Crippen LogP contribution in [0.4, 0.5) is 4.39 Å². The quantitative estimate of drug-likeness (QED) is 0.745. The Bertz CT molecular complexity index is 838. The van der Waals surface area contributed by atoms with E-state index in [1.165, 1.54) is 6.07 Å². The predicted octanol–water partition coefficient (Wildman–Crippen LogP) is 4.46. The minimum absolute atomic E-state index is 0.0245. The van der Waals surface area contributed by atoms with Crippen molar-refractivity contribution >= 4 is 0 Å². The van der Waals surface area contributed by atoms with Crippen LogP contribution in [0, 0.1) is 5.82 Å². The first-order valence-electron chi connectivity index (χ1n) is 8.28. The number of benzene rings is 1. The molecule has 3 rings (SSSR count). The molecule has 0 amide bonds. The van der Waals surface area contributed by atoms with Crippen LogP contribution in [-0.4, -0.2) is 10.1 Å². The third-order valence-electron chi connectivity index (χ3n) is 4.03. The van der Waals surface area contributed by atoms with Crippen molar-refractivity contribution in [3.05, 3.63) is 71.6 Å². The van der Waals surface area contributed by atoms with Gasteiger partial charge in [0.25, 0.3) is 0 Å². The summed E-state index contributed by atoms with van der Waals surface area (Å²) in [6, 6.07) is 8.80. The maximum atomic E-state index is 14.0. The highest BCUT2D eigenvalue weighted by atomic mass is 19.1. The maximum Gasteiger partial charge on any atom is 0.127 e. The van der Waals surface area contributed by atoms with Crippen molar-refractivity contribution in [3.8, 4) is 11.1 Å². The highest BCUT2D eigenvalue weighted by molar-refractivity contribution is 5.63. The maximum absolute atomic E-state index is 14.0. The summed E-state index contributed by atoms with van der Waals surface area (Å²) in [5.41, 5.74) is 4.53. The molecule has 0 radical (unpaired) electrons. The van der Waals surface area contributed by atoms with Crippen molar-refractivity contribution in [2.24, 2.45) is 0 Å².